The van der Waals surface area contributed by atoms with Crippen LogP contribution in [0.2, 0.25) is 0 Å². The number of amides is 1. The van der Waals surface area contributed by atoms with Crippen LogP contribution in [0.15, 0.2) is 0 Å². The number of nitrogens with two attached hydrogens (primary N) is 1. The average molecular weight is 378 g/mol. The lowest BCUT2D eigenvalue weighted by molar-refractivity contribution is -0.132. The molecule has 1 unspecified atom stereocenters. The molecule has 1 heterocycles. The van der Waals surface area contributed by atoms with Crippen molar-refractivity contribution in [3.8, 4) is 0 Å². The molecule has 0 saturated carbocycles. The summed E-state index contributed by atoms with van der Waals surface area (Å²) >= 11 is 0. The summed E-state index contributed by atoms with van der Waals surface area (Å²) in [5, 5.41) is 18.7. The average Bonchev–Trinajstić information content (AvgIpc) is 2.95. The molecule has 25 heavy (non-hydrogen) atoms. The van der Waals surface area contributed by atoms with Crippen molar-refractivity contribution in [1.82, 2.24) is 4.90 Å². The molecule has 1 fully saturated rings. The summed E-state index contributed by atoms with van der Waals surface area (Å²) in [5.41, 5.74) is 5.46. The van der Waals surface area contributed by atoms with Crippen LogP contribution in [0.4, 0.5) is 0 Å². The quantitative estimate of drug-likeness (QED) is 0.331. The molecule has 0 aromatic carbocycles. The van der Waals surface area contributed by atoms with Crippen molar-refractivity contribution in [3.63, 3.8) is 0 Å². The van der Waals surface area contributed by atoms with Crippen LogP contribution < -0.4 is 5.73 Å². The van der Waals surface area contributed by atoms with Gasteiger partial charge in [-0.1, -0.05) is 19.3 Å². The molecule has 1 saturated heterocycles. The predicted molar refractivity (Wildman–Crippen MR) is 98.9 cm³/mol. The Morgan fingerprint density at radius 1 is 1.28 bits per heavy atom. The smallest absolute Gasteiger partial charge is 0.222 e. The fourth-order valence-electron chi connectivity index (χ4n) is 3.25. The van der Waals surface area contributed by atoms with E-state index < -0.39 is 13.5 Å². The minimum absolute atomic E-state index is 0.0634. The third-order valence-corrected chi connectivity index (χ3v) is 6.43. The predicted octanol–water partition coefficient (Wildman–Crippen LogP) is 1.55. The molecular formula is C17H35N2O5P. The first kappa shape index (κ1) is 22.6. The van der Waals surface area contributed by atoms with Gasteiger partial charge in [0, 0.05) is 31.8 Å². The number of unbranched alkanes of at least 4 members (excludes halogenated alkanes) is 4. The monoisotopic (exact) mass is 378 g/mol. The summed E-state index contributed by atoms with van der Waals surface area (Å²) in [6, 6.07) is -0.0780. The Morgan fingerprint density at radius 3 is 2.64 bits per heavy atom. The summed E-state index contributed by atoms with van der Waals surface area (Å²) in [5.74, 6) is 0.0718. The Labute approximate surface area is 151 Å². The van der Waals surface area contributed by atoms with Crippen molar-refractivity contribution in [2.75, 3.05) is 39.1 Å². The van der Waals surface area contributed by atoms with Gasteiger partial charge in [-0.3, -0.25) is 9.36 Å². The van der Waals surface area contributed by atoms with Crippen molar-refractivity contribution in [2.24, 2.45) is 5.73 Å². The number of carbonyl (C=O) groups is 1. The summed E-state index contributed by atoms with van der Waals surface area (Å²) in [6.07, 6.45) is 6.54. The maximum atomic E-state index is 12.4. The first-order valence-corrected chi connectivity index (χ1v) is 11.6. The lowest BCUT2D eigenvalue weighted by Gasteiger charge is -2.25. The van der Waals surface area contributed by atoms with Crippen LogP contribution in [0, 0.1) is 0 Å². The van der Waals surface area contributed by atoms with Gasteiger partial charge in [-0.05, 0) is 32.2 Å². The maximum absolute atomic E-state index is 12.4. The van der Waals surface area contributed by atoms with Crippen molar-refractivity contribution in [2.45, 2.75) is 63.5 Å². The molecule has 1 rings (SSSR count). The second-order valence-corrected chi connectivity index (χ2v) is 9.71. The lowest BCUT2D eigenvalue weighted by atomic mass is 10.1. The molecule has 0 radical (unpaired) electrons. The molecule has 1 aliphatic heterocycles. The SMILES string of the molecule is CP(=O)(CC[C@@H]1C[C@H](O)CN1C(=O)CCCCCCCN)OCCO. The molecule has 7 nitrogen and oxygen atoms in total. The van der Waals surface area contributed by atoms with E-state index in [0.717, 1.165) is 38.6 Å². The second kappa shape index (κ2) is 12.0. The third kappa shape index (κ3) is 9.15. The van der Waals surface area contributed by atoms with Gasteiger partial charge in [-0.15, -0.1) is 0 Å². The molecule has 0 aromatic rings. The van der Waals surface area contributed by atoms with Crippen LogP contribution in [0.25, 0.3) is 0 Å². The van der Waals surface area contributed by atoms with Crippen molar-refractivity contribution in [1.29, 1.82) is 0 Å². The molecule has 0 aromatic heterocycles. The Bertz CT molecular complexity index is 435. The van der Waals surface area contributed by atoms with Crippen LogP contribution in [0.3, 0.4) is 0 Å². The highest BCUT2D eigenvalue weighted by atomic mass is 31.2. The first-order valence-electron chi connectivity index (χ1n) is 9.39. The molecular weight excluding hydrogens is 343 g/mol. The molecule has 8 heteroatoms. The number of carbonyl (C=O) groups excluding carboxylic acids is 1. The van der Waals surface area contributed by atoms with Crippen LogP contribution >= 0.6 is 7.37 Å². The second-order valence-electron chi connectivity index (χ2n) is 6.98. The minimum Gasteiger partial charge on any atom is -0.394 e. The number of hydrogen-bond acceptors (Lipinski definition) is 6. The summed E-state index contributed by atoms with van der Waals surface area (Å²) < 4.78 is 17.5. The van der Waals surface area contributed by atoms with Crippen molar-refractivity contribution < 1.29 is 24.1 Å². The van der Waals surface area contributed by atoms with E-state index in [1.807, 2.05) is 0 Å². The van der Waals surface area contributed by atoms with E-state index in [1.165, 1.54) is 0 Å². The Morgan fingerprint density at radius 2 is 1.96 bits per heavy atom. The largest absolute Gasteiger partial charge is 0.394 e. The van der Waals surface area contributed by atoms with Crippen LogP contribution in [0.1, 0.15) is 51.4 Å². The first-order chi connectivity index (χ1) is 11.9. The highest BCUT2D eigenvalue weighted by Gasteiger charge is 2.34. The molecule has 0 bridgehead atoms. The van der Waals surface area contributed by atoms with Crippen LogP contribution in [-0.4, -0.2) is 72.3 Å². The fourth-order valence-corrected chi connectivity index (χ4v) is 4.61. The normalized spacial score (nSPS) is 23.0. The van der Waals surface area contributed by atoms with E-state index in [4.69, 9.17) is 15.4 Å². The topological polar surface area (TPSA) is 113 Å². The number of aliphatic hydroxyl groups is 2. The number of rotatable bonds is 13. The minimum atomic E-state index is -2.76. The summed E-state index contributed by atoms with van der Waals surface area (Å²) in [7, 11) is -2.76. The zero-order valence-corrected chi connectivity index (χ0v) is 16.3. The van der Waals surface area contributed by atoms with Gasteiger partial charge in [0.25, 0.3) is 0 Å². The molecule has 148 valence electrons. The van der Waals surface area contributed by atoms with Crippen LogP contribution in [0.5, 0.6) is 0 Å². The van der Waals surface area contributed by atoms with Gasteiger partial charge < -0.3 is 25.4 Å². The lowest BCUT2D eigenvalue weighted by Crippen LogP contribution is -2.36. The maximum Gasteiger partial charge on any atom is 0.222 e. The van der Waals surface area contributed by atoms with Gasteiger partial charge in [-0.25, -0.2) is 0 Å². The zero-order chi connectivity index (χ0) is 18.7. The third-order valence-electron chi connectivity index (χ3n) is 4.63. The van der Waals surface area contributed by atoms with Crippen molar-refractivity contribution in [3.05, 3.63) is 0 Å². The Kier molecular flexibility index (Phi) is 10.9. The highest BCUT2D eigenvalue weighted by molar-refractivity contribution is 7.58. The van der Waals surface area contributed by atoms with E-state index >= 15 is 0 Å². The van der Waals surface area contributed by atoms with E-state index in [0.29, 0.717) is 32.0 Å². The molecule has 1 aliphatic rings. The van der Waals surface area contributed by atoms with Gasteiger partial charge in [0.15, 0.2) is 7.37 Å². The fraction of sp³-hybridized carbons (Fsp3) is 0.941. The Balaban J connectivity index is 2.37. The van der Waals surface area contributed by atoms with E-state index in [-0.39, 0.29) is 25.2 Å². The molecule has 1 amide bonds. The van der Waals surface area contributed by atoms with Crippen molar-refractivity contribution >= 4 is 13.3 Å². The number of aliphatic hydroxyl groups excluding tert-OH is 2. The summed E-state index contributed by atoms with van der Waals surface area (Å²) in [4.78, 5) is 14.2. The van der Waals surface area contributed by atoms with E-state index in [1.54, 1.807) is 11.6 Å². The van der Waals surface area contributed by atoms with Crippen LogP contribution in [-0.2, 0) is 13.9 Å². The van der Waals surface area contributed by atoms with Gasteiger partial charge in [0.2, 0.25) is 5.91 Å². The number of likely N-dealkylation sites (tertiary alicyclic amines) is 1. The number of β-amino-alcohol motifs (C(OH)–C–C–N with tert-alkyl or cyclic N) is 1. The molecule has 0 aliphatic carbocycles. The van der Waals surface area contributed by atoms with E-state index in [2.05, 4.69) is 0 Å². The van der Waals surface area contributed by atoms with Gasteiger partial charge >= 0.3 is 0 Å². The summed E-state index contributed by atoms with van der Waals surface area (Å²) in [6.45, 7) is 2.54. The molecule has 3 atom stereocenters. The van der Waals surface area contributed by atoms with E-state index in [9.17, 15) is 14.5 Å². The van der Waals surface area contributed by atoms with Gasteiger partial charge in [-0.2, -0.15) is 0 Å². The van der Waals surface area contributed by atoms with Gasteiger partial charge in [0.1, 0.15) is 0 Å². The number of nitrogens with zero attached hydrogens (tertiary/aromatic N) is 1. The van der Waals surface area contributed by atoms with Gasteiger partial charge in [0.05, 0.1) is 19.3 Å². The number of hydrogen-bond donors (Lipinski definition) is 3. The molecule has 4 N–H and O–H groups in total. The Hall–Kier alpha value is -0.460. The highest BCUT2D eigenvalue weighted by Crippen LogP contribution is 2.44. The zero-order valence-electron chi connectivity index (χ0n) is 15.4. The molecule has 0 spiro atoms. The standard InChI is InChI=1S/C17H35N2O5P/c1-25(23,24-11-10-20)12-8-15-13-16(21)14-19(15)17(22)7-5-3-2-4-6-9-18/h15-16,20-21H,2-14,18H2,1H3/t15-,16+,25?/m1/s1.